The Bertz CT molecular complexity index is 402. The van der Waals surface area contributed by atoms with E-state index in [4.69, 9.17) is 0 Å². The Morgan fingerprint density at radius 1 is 1.20 bits per heavy atom. The van der Waals surface area contributed by atoms with Crippen molar-refractivity contribution >= 4 is 0 Å². The molecule has 2 heteroatoms. The molecule has 20 heavy (non-hydrogen) atoms. The number of hydrogen-bond acceptors (Lipinski definition) is 2. The highest BCUT2D eigenvalue weighted by molar-refractivity contribution is 5.32. The van der Waals surface area contributed by atoms with E-state index in [0.717, 1.165) is 6.54 Å². The second-order valence-electron chi connectivity index (χ2n) is 6.07. The van der Waals surface area contributed by atoms with Gasteiger partial charge in [-0.25, -0.2) is 0 Å². The number of rotatable bonds is 6. The van der Waals surface area contributed by atoms with E-state index in [1.54, 1.807) is 5.56 Å². The summed E-state index contributed by atoms with van der Waals surface area (Å²) in [6, 6.07) is 10.2. The van der Waals surface area contributed by atoms with Crippen molar-refractivity contribution in [3.63, 3.8) is 0 Å². The van der Waals surface area contributed by atoms with Gasteiger partial charge in [-0.1, -0.05) is 38.1 Å². The van der Waals surface area contributed by atoms with Crippen LogP contribution in [-0.2, 0) is 6.42 Å². The summed E-state index contributed by atoms with van der Waals surface area (Å²) < 4.78 is 0. The molecule has 1 aromatic rings. The van der Waals surface area contributed by atoms with Crippen LogP contribution in [0.4, 0.5) is 0 Å². The molecule has 0 saturated heterocycles. The first-order valence-electron chi connectivity index (χ1n) is 8.29. The number of fused-ring (bicyclic) bond motifs is 1. The van der Waals surface area contributed by atoms with Crippen LogP contribution in [0.1, 0.15) is 56.7 Å². The van der Waals surface area contributed by atoms with Crippen LogP contribution in [0.15, 0.2) is 24.3 Å². The molecule has 0 saturated carbocycles. The first-order chi connectivity index (χ1) is 9.77. The van der Waals surface area contributed by atoms with Gasteiger partial charge in [0.2, 0.25) is 0 Å². The number of likely N-dealkylation sites (N-methyl/N-ethyl adjacent to an activating group) is 1. The fourth-order valence-electron chi connectivity index (χ4n) is 3.48. The Hall–Kier alpha value is -0.860. The number of nitrogens with one attached hydrogen (secondary N) is 1. The van der Waals surface area contributed by atoms with Gasteiger partial charge >= 0.3 is 0 Å². The van der Waals surface area contributed by atoms with Crippen molar-refractivity contribution in [1.82, 2.24) is 10.2 Å². The first kappa shape index (κ1) is 15.5. The van der Waals surface area contributed by atoms with Crippen molar-refractivity contribution in [1.29, 1.82) is 0 Å². The third-order valence-electron chi connectivity index (χ3n) is 4.48. The Balaban J connectivity index is 2.26. The predicted octanol–water partition coefficient (Wildman–Crippen LogP) is 3.77. The van der Waals surface area contributed by atoms with Gasteiger partial charge in [-0.05, 0) is 63.4 Å². The largest absolute Gasteiger partial charge is 0.309 e. The summed E-state index contributed by atoms with van der Waals surface area (Å²) in [6.07, 6.45) is 6.27. The van der Waals surface area contributed by atoms with Crippen molar-refractivity contribution in [2.24, 2.45) is 0 Å². The SMILES string of the molecule is CCCNC1c2ccccc2CCCC1N(C)CCC. The molecule has 2 nitrogen and oxygen atoms in total. The van der Waals surface area contributed by atoms with Gasteiger partial charge in [-0.3, -0.25) is 0 Å². The van der Waals surface area contributed by atoms with Gasteiger partial charge in [0.1, 0.15) is 0 Å². The van der Waals surface area contributed by atoms with E-state index < -0.39 is 0 Å². The topological polar surface area (TPSA) is 15.3 Å². The summed E-state index contributed by atoms with van der Waals surface area (Å²) in [7, 11) is 2.29. The minimum atomic E-state index is 0.491. The zero-order chi connectivity index (χ0) is 14.4. The lowest BCUT2D eigenvalue weighted by atomic mass is 9.95. The number of nitrogens with zero attached hydrogens (tertiary/aromatic N) is 1. The van der Waals surface area contributed by atoms with Gasteiger partial charge in [0.15, 0.2) is 0 Å². The molecule has 1 aromatic carbocycles. The van der Waals surface area contributed by atoms with Gasteiger partial charge in [-0.2, -0.15) is 0 Å². The van der Waals surface area contributed by atoms with E-state index in [9.17, 15) is 0 Å². The Morgan fingerprint density at radius 2 is 2.00 bits per heavy atom. The number of aryl methyl sites for hydroxylation is 1. The fraction of sp³-hybridized carbons (Fsp3) is 0.667. The van der Waals surface area contributed by atoms with Gasteiger partial charge < -0.3 is 10.2 Å². The average Bonchev–Trinajstić information content (AvgIpc) is 2.64. The smallest absolute Gasteiger partial charge is 0.0480 e. The molecule has 0 spiro atoms. The predicted molar refractivity (Wildman–Crippen MR) is 87.1 cm³/mol. The molecular formula is C18H30N2. The van der Waals surface area contributed by atoms with E-state index in [1.807, 2.05) is 0 Å². The highest BCUT2D eigenvalue weighted by Gasteiger charge is 2.29. The lowest BCUT2D eigenvalue weighted by molar-refractivity contribution is 0.182. The third kappa shape index (κ3) is 3.62. The van der Waals surface area contributed by atoms with Crippen molar-refractivity contribution in [3.8, 4) is 0 Å². The second kappa shape index (κ2) is 7.80. The minimum Gasteiger partial charge on any atom is -0.309 e. The maximum Gasteiger partial charge on any atom is 0.0480 e. The lowest BCUT2D eigenvalue weighted by Crippen LogP contribution is -2.43. The summed E-state index contributed by atoms with van der Waals surface area (Å²) in [4.78, 5) is 2.56. The van der Waals surface area contributed by atoms with Gasteiger partial charge in [0.25, 0.3) is 0 Å². The molecule has 0 aromatic heterocycles. The van der Waals surface area contributed by atoms with Crippen molar-refractivity contribution in [2.45, 2.75) is 58.0 Å². The van der Waals surface area contributed by atoms with Gasteiger partial charge in [0.05, 0.1) is 0 Å². The zero-order valence-electron chi connectivity index (χ0n) is 13.4. The molecule has 0 amide bonds. The Kier molecular flexibility index (Phi) is 6.06. The second-order valence-corrected chi connectivity index (χ2v) is 6.07. The van der Waals surface area contributed by atoms with E-state index >= 15 is 0 Å². The highest BCUT2D eigenvalue weighted by atomic mass is 15.2. The summed E-state index contributed by atoms with van der Waals surface area (Å²) in [5, 5.41) is 3.82. The van der Waals surface area contributed by atoms with Crippen molar-refractivity contribution in [2.75, 3.05) is 20.1 Å². The Labute approximate surface area is 124 Å². The average molecular weight is 274 g/mol. The van der Waals surface area contributed by atoms with Crippen LogP contribution in [0.5, 0.6) is 0 Å². The standard InChI is InChI=1S/C18H30N2/c1-4-13-19-18-16-11-7-6-9-15(16)10-8-12-17(18)20(3)14-5-2/h6-7,9,11,17-19H,4-5,8,10,12-14H2,1-3H3. The lowest BCUT2D eigenvalue weighted by Gasteiger charge is -2.35. The number of benzene rings is 1. The molecule has 1 aliphatic rings. The van der Waals surface area contributed by atoms with Crippen LogP contribution >= 0.6 is 0 Å². The molecule has 0 bridgehead atoms. The van der Waals surface area contributed by atoms with E-state index in [-0.39, 0.29) is 0 Å². The van der Waals surface area contributed by atoms with Gasteiger partial charge in [-0.15, -0.1) is 0 Å². The summed E-state index contributed by atoms with van der Waals surface area (Å²) >= 11 is 0. The normalized spacial score (nSPS) is 22.6. The molecule has 1 aliphatic carbocycles. The fourth-order valence-corrected chi connectivity index (χ4v) is 3.48. The van der Waals surface area contributed by atoms with E-state index in [2.05, 4.69) is 55.4 Å². The molecule has 0 aliphatic heterocycles. The molecule has 1 N–H and O–H groups in total. The maximum atomic E-state index is 3.82. The quantitative estimate of drug-likeness (QED) is 0.794. The Morgan fingerprint density at radius 3 is 2.75 bits per heavy atom. The van der Waals surface area contributed by atoms with Crippen molar-refractivity contribution < 1.29 is 0 Å². The molecular weight excluding hydrogens is 244 g/mol. The zero-order valence-corrected chi connectivity index (χ0v) is 13.4. The van der Waals surface area contributed by atoms with Crippen LogP contribution in [0.25, 0.3) is 0 Å². The number of hydrogen-bond donors (Lipinski definition) is 1. The van der Waals surface area contributed by atoms with Crippen LogP contribution in [0.2, 0.25) is 0 Å². The molecule has 2 unspecified atom stereocenters. The summed E-state index contributed by atoms with van der Waals surface area (Å²) in [5.41, 5.74) is 3.08. The highest BCUT2D eigenvalue weighted by Crippen LogP contribution is 2.31. The minimum absolute atomic E-state index is 0.491. The summed E-state index contributed by atoms with van der Waals surface area (Å²) in [5.74, 6) is 0. The van der Waals surface area contributed by atoms with Crippen LogP contribution in [-0.4, -0.2) is 31.1 Å². The molecule has 2 atom stereocenters. The third-order valence-corrected chi connectivity index (χ3v) is 4.48. The van der Waals surface area contributed by atoms with Crippen LogP contribution < -0.4 is 5.32 Å². The van der Waals surface area contributed by atoms with Crippen LogP contribution in [0, 0.1) is 0 Å². The monoisotopic (exact) mass is 274 g/mol. The summed E-state index contributed by atoms with van der Waals surface area (Å²) in [6.45, 7) is 6.82. The van der Waals surface area contributed by atoms with Crippen LogP contribution in [0.3, 0.4) is 0 Å². The van der Waals surface area contributed by atoms with E-state index in [1.165, 1.54) is 44.2 Å². The molecule has 2 rings (SSSR count). The molecule has 0 fully saturated rings. The van der Waals surface area contributed by atoms with Gasteiger partial charge in [0, 0.05) is 12.1 Å². The maximum absolute atomic E-state index is 3.82. The molecule has 0 radical (unpaired) electrons. The molecule has 112 valence electrons. The van der Waals surface area contributed by atoms with E-state index in [0.29, 0.717) is 12.1 Å². The molecule has 0 heterocycles. The van der Waals surface area contributed by atoms with Crippen molar-refractivity contribution in [3.05, 3.63) is 35.4 Å². The first-order valence-corrected chi connectivity index (χ1v) is 8.29.